The Kier molecular flexibility index (Phi) is 7.53. The van der Waals surface area contributed by atoms with Crippen LogP contribution in [0.25, 0.3) is 0 Å². The van der Waals surface area contributed by atoms with E-state index in [-0.39, 0.29) is 16.0 Å². The number of piperazine rings is 1. The minimum Gasteiger partial charge on any atom is -0.368 e. The van der Waals surface area contributed by atoms with E-state index in [2.05, 4.69) is 15.5 Å². The van der Waals surface area contributed by atoms with Crippen molar-refractivity contribution in [2.24, 2.45) is 0 Å². The normalized spacial score (nSPS) is 13.7. The lowest BCUT2D eigenvalue weighted by Gasteiger charge is -2.36. The van der Waals surface area contributed by atoms with Crippen LogP contribution in [-0.2, 0) is 4.79 Å². The van der Waals surface area contributed by atoms with E-state index in [1.807, 2.05) is 36.1 Å². The lowest BCUT2D eigenvalue weighted by Crippen LogP contribution is -2.48. The number of hydrogen-bond donors (Lipinski definition) is 2. The first-order chi connectivity index (χ1) is 14.4. The van der Waals surface area contributed by atoms with Gasteiger partial charge in [-0.3, -0.25) is 14.9 Å². The molecular formula is C21H22Cl2N4O2S. The van der Waals surface area contributed by atoms with Crippen molar-refractivity contribution in [2.45, 2.75) is 13.3 Å². The number of nitrogens with zero attached hydrogens (tertiary/aromatic N) is 2. The van der Waals surface area contributed by atoms with Crippen LogP contribution in [0, 0.1) is 0 Å². The van der Waals surface area contributed by atoms with Gasteiger partial charge in [0.05, 0.1) is 10.6 Å². The Hall–Kier alpha value is -2.35. The summed E-state index contributed by atoms with van der Waals surface area (Å²) in [6.45, 7) is 4.95. The minimum absolute atomic E-state index is 0.172. The van der Waals surface area contributed by atoms with Gasteiger partial charge in [-0.1, -0.05) is 30.1 Å². The predicted octanol–water partition coefficient (Wildman–Crippen LogP) is 4.18. The Morgan fingerprint density at radius 2 is 1.70 bits per heavy atom. The van der Waals surface area contributed by atoms with E-state index in [4.69, 9.17) is 35.4 Å². The first-order valence-corrected chi connectivity index (χ1v) is 10.7. The van der Waals surface area contributed by atoms with Gasteiger partial charge in [-0.2, -0.15) is 0 Å². The van der Waals surface area contributed by atoms with Crippen molar-refractivity contribution in [2.75, 3.05) is 36.4 Å². The lowest BCUT2D eigenvalue weighted by atomic mass is 10.2. The van der Waals surface area contributed by atoms with Crippen LogP contribution in [0.4, 0.5) is 11.4 Å². The van der Waals surface area contributed by atoms with E-state index in [0.717, 1.165) is 37.6 Å². The summed E-state index contributed by atoms with van der Waals surface area (Å²) in [6.07, 6.45) is 0.543. The molecule has 1 heterocycles. The molecule has 1 aliphatic rings. The average molecular weight is 465 g/mol. The molecule has 0 unspecified atom stereocenters. The summed E-state index contributed by atoms with van der Waals surface area (Å²) in [4.78, 5) is 28.3. The van der Waals surface area contributed by atoms with Gasteiger partial charge in [0, 0.05) is 49.0 Å². The highest BCUT2D eigenvalue weighted by Gasteiger charge is 2.20. The van der Waals surface area contributed by atoms with E-state index in [9.17, 15) is 9.59 Å². The predicted molar refractivity (Wildman–Crippen MR) is 126 cm³/mol. The number of carbonyl (C=O) groups is 2. The first kappa shape index (κ1) is 22.3. The highest BCUT2D eigenvalue weighted by molar-refractivity contribution is 7.80. The fraction of sp³-hybridized carbons (Fsp3) is 0.286. The Balaban J connectivity index is 1.53. The summed E-state index contributed by atoms with van der Waals surface area (Å²) in [5, 5.41) is 6.49. The summed E-state index contributed by atoms with van der Waals surface area (Å²) >= 11 is 17.1. The van der Waals surface area contributed by atoms with Gasteiger partial charge in [-0.15, -0.1) is 0 Å². The van der Waals surface area contributed by atoms with Crippen molar-refractivity contribution < 1.29 is 9.59 Å². The van der Waals surface area contributed by atoms with E-state index in [1.165, 1.54) is 6.07 Å². The Morgan fingerprint density at radius 3 is 2.30 bits per heavy atom. The van der Waals surface area contributed by atoms with Crippen LogP contribution in [0.3, 0.4) is 0 Å². The zero-order valence-electron chi connectivity index (χ0n) is 16.5. The third-order valence-corrected chi connectivity index (χ3v) is 5.58. The molecule has 2 amide bonds. The van der Waals surface area contributed by atoms with Gasteiger partial charge >= 0.3 is 0 Å². The highest BCUT2D eigenvalue weighted by Crippen LogP contribution is 2.22. The lowest BCUT2D eigenvalue weighted by molar-refractivity contribution is -0.131. The quantitative estimate of drug-likeness (QED) is 0.664. The molecule has 0 spiro atoms. The number of halogens is 2. The van der Waals surface area contributed by atoms with Crippen LogP contribution < -0.4 is 15.5 Å². The van der Waals surface area contributed by atoms with Crippen LogP contribution >= 0.6 is 35.4 Å². The molecule has 0 radical (unpaired) electrons. The second-order valence-corrected chi connectivity index (χ2v) is 8.05. The molecule has 1 fully saturated rings. The van der Waals surface area contributed by atoms with E-state index >= 15 is 0 Å². The number of amides is 2. The van der Waals surface area contributed by atoms with Crippen LogP contribution in [0.5, 0.6) is 0 Å². The van der Waals surface area contributed by atoms with Crippen molar-refractivity contribution in [1.82, 2.24) is 10.2 Å². The molecule has 158 valence electrons. The van der Waals surface area contributed by atoms with Gasteiger partial charge < -0.3 is 15.1 Å². The smallest absolute Gasteiger partial charge is 0.258 e. The molecule has 0 atom stereocenters. The molecule has 1 saturated heterocycles. The minimum atomic E-state index is -0.412. The molecule has 0 aliphatic carbocycles. The Morgan fingerprint density at radius 1 is 1.03 bits per heavy atom. The number of rotatable bonds is 4. The summed E-state index contributed by atoms with van der Waals surface area (Å²) < 4.78 is 0. The van der Waals surface area contributed by atoms with Crippen molar-refractivity contribution >= 4 is 63.7 Å². The van der Waals surface area contributed by atoms with Gasteiger partial charge in [-0.05, 0) is 54.7 Å². The second-order valence-electron chi connectivity index (χ2n) is 6.80. The van der Waals surface area contributed by atoms with Crippen LogP contribution in [0.2, 0.25) is 10.0 Å². The van der Waals surface area contributed by atoms with Crippen LogP contribution in [0.15, 0.2) is 42.5 Å². The summed E-state index contributed by atoms with van der Waals surface area (Å²) in [5.74, 6) is -0.213. The average Bonchev–Trinajstić information content (AvgIpc) is 2.73. The Labute approximate surface area is 191 Å². The molecule has 0 saturated carbocycles. The number of carbonyl (C=O) groups excluding carboxylic acids is 2. The van der Waals surface area contributed by atoms with Crippen LogP contribution in [-0.4, -0.2) is 48.0 Å². The molecule has 2 N–H and O–H groups in total. The maximum atomic E-state index is 12.3. The highest BCUT2D eigenvalue weighted by atomic mass is 35.5. The second kappa shape index (κ2) is 10.1. The van der Waals surface area contributed by atoms with Crippen molar-refractivity contribution in [3.05, 3.63) is 58.1 Å². The SMILES string of the molecule is CCC(=O)N1CCN(c2ccc(NC(=S)NC(=O)c3ccc(Cl)cc3Cl)cc2)CC1. The summed E-state index contributed by atoms with van der Waals surface area (Å²) in [7, 11) is 0. The molecule has 6 nitrogen and oxygen atoms in total. The maximum absolute atomic E-state index is 12.3. The zero-order valence-corrected chi connectivity index (χ0v) is 18.8. The molecule has 1 aliphatic heterocycles. The van der Waals surface area contributed by atoms with Gasteiger partial charge in [0.1, 0.15) is 0 Å². The van der Waals surface area contributed by atoms with Crippen LogP contribution in [0.1, 0.15) is 23.7 Å². The summed E-state index contributed by atoms with van der Waals surface area (Å²) in [5.41, 5.74) is 2.12. The number of anilines is 2. The van der Waals surface area contributed by atoms with Gasteiger partial charge in [-0.25, -0.2) is 0 Å². The third kappa shape index (κ3) is 5.62. The maximum Gasteiger partial charge on any atom is 0.258 e. The topological polar surface area (TPSA) is 64.7 Å². The monoisotopic (exact) mass is 464 g/mol. The van der Waals surface area contributed by atoms with Crippen molar-refractivity contribution in [3.63, 3.8) is 0 Å². The van der Waals surface area contributed by atoms with Gasteiger partial charge in [0.15, 0.2) is 5.11 Å². The van der Waals surface area contributed by atoms with Crippen molar-refractivity contribution in [1.29, 1.82) is 0 Å². The molecule has 3 rings (SSSR count). The molecule has 30 heavy (non-hydrogen) atoms. The largest absolute Gasteiger partial charge is 0.368 e. The number of nitrogens with one attached hydrogen (secondary N) is 2. The molecular weight excluding hydrogens is 443 g/mol. The third-order valence-electron chi connectivity index (χ3n) is 4.83. The standard InChI is InChI=1S/C21H22Cl2N4O2S/c1-2-19(28)27-11-9-26(10-12-27)16-6-4-15(5-7-16)24-21(30)25-20(29)17-8-3-14(22)13-18(17)23/h3-8,13H,2,9-12H2,1H3,(H2,24,25,29,30). The molecule has 0 aromatic heterocycles. The molecule has 2 aromatic carbocycles. The van der Waals surface area contributed by atoms with Crippen molar-refractivity contribution in [3.8, 4) is 0 Å². The molecule has 0 bridgehead atoms. The number of benzene rings is 2. The van der Waals surface area contributed by atoms with E-state index in [1.54, 1.807) is 12.1 Å². The first-order valence-electron chi connectivity index (χ1n) is 9.57. The number of thiocarbonyl (C=S) groups is 1. The van der Waals surface area contributed by atoms with Gasteiger partial charge in [0.25, 0.3) is 5.91 Å². The molecule has 2 aromatic rings. The van der Waals surface area contributed by atoms with Gasteiger partial charge in [0.2, 0.25) is 5.91 Å². The fourth-order valence-electron chi connectivity index (χ4n) is 3.20. The Bertz CT molecular complexity index is 945. The van der Waals surface area contributed by atoms with E-state index in [0.29, 0.717) is 17.0 Å². The van der Waals surface area contributed by atoms with E-state index < -0.39 is 5.91 Å². The summed E-state index contributed by atoms with van der Waals surface area (Å²) in [6, 6.07) is 12.4. The zero-order chi connectivity index (χ0) is 21.7. The fourth-order valence-corrected chi connectivity index (χ4v) is 3.90. The number of hydrogen-bond acceptors (Lipinski definition) is 4. The molecule has 9 heteroatoms.